The first-order valence-electron chi connectivity index (χ1n) is 6.15. The van der Waals surface area contributed by atoms with Crippen LogP contribution in [0.3, 0.4) is 0 Å². The fraction of sp³-hybridized carbons (Fsp3) is 0.308. The summed E-state index contributed by atoms with van der Waals surface area (Å²) in [6.45, 7) is 1.66. The van der Waals surface area contributed by atoms with Crippen molar-refractivity contribution >= 4 is 33.5 Å². The summed E-state index contributed by atoms with van der Waals surface area (Å²) in [5, 5.41) is 15.0. The fourth-order valence-corrected chi connectivity index (χ4v) is 2.71. The van der Waals surface area contributed by atoms with E-state index >= 15 is 0 Å². The van der Waals surface area contributed by atoms with Crippen LogP contribution in [0.4, 0.5) is 0 Å². The molecule has 1 atom stereocenters. The predicted molar refractivity (Wildman–Crippen MR) is 79.7 cm³/mol. The molecule has 2 rings (SSSR count). The van der Waals surface area contributed by atoms with Crippen LogP contribution in [-0.4, -0.2) is 32.4 Å². The van der Waals surface area contributed by atoms with Gasteiger partial charge in [-0.3, -0.25) is 0 Å². The Morgan fingerprint density at radius 1 is 1.57 bits per heavy atom. The van der Waals surface area contributed by atoms with Crippen molar-refractivity contribution in [1.29, 1.82) is 0 Å². The van der Waals surface area contributed by atoms with Crippen LogP contribution in [0.25, 0.3) is 0 Å². The largest absolute Gasteiger partial charge is 0.464 e. The minimum absolute atomic E-state index is 0.145. The third-order valence-electron chi connectivity index (χ3n) is 2.85. The molecule has 21 heavy (non-hydrogen) atoms. The smallest absolute Gasteiger partial charge is 0.344 e. The van der Waals surface area contributed by atoms with E-state index in [2.05, 4.69) is 26.0 Å². The van der Waals surface area contributed by atoms with E-state index in [9.17, 15) is 9.90 Å². The van der Waals surface area contributed by atoms with Gasteiger partial charge in [0.05, 0.1) is 13.2 Å². The number of ether oxygens (including phenoxy) is 1. The molecule has 6 nitrogen and oxygen atoms in total. The molecule has 1 unspecified atom stereocenters. The monoisotopic (exact) mass is 373 g/mol. The second-order valence-corrected chi connectivity index (χ2v) is 5.62. The number of halogens is 2. The molecule has 2 aromatic rings. The van der Waals surface area contributed by atoms with Crippen molar-refractivity contribution in [1.82, 2.24) is 14.8 Å². The first kappa shape index (κ1) is 15.9. The van der Waals surface area contributed by atoms with Crippen molar-refractivity contribution in [2.45, 2.75) is 19.1 Å². The number of hydrogen-bond acceptors (Lipinski definition) is 5. The van der Waals surface area contributed by atoms with Gasteiger partial charge in [0.15, 0.2) is 0 Å². The molecule has 1 aromatic carbocycles. The van der Waals surface area contributed by atoms with Crippen molar-refractivity contribution in [2.24, 2.45) is 0 Å². The minimum Gasteiger partial charge on any atom is -0.464 e. The van der Waals surface area contributed by atoms with Gasteiger partial charge in [-0.05, 0) is 19.1 Å². The quantitative estimate of drug-likeness (QED) is 0.812. The second-order valence-electron chi connectivity index (χ2n) is 4.30. The lowest BCUT2D eigenvalue weighted by Gasteiger charge is -2.27. The molecule has 0 bridgehead atoms. The number of benzene rings is 1. The fourth-order valence-electron chi connectivity index (χ4n) is 1.88. The molecule has 0 aliphatic heterocycles. The van der Waals surface area contributed by atoms with Gasteiger partial charge in [-0.15, -0.1) is 0 Å². The van der Waals surface area contributed by atoms with Crippen LogP contribution in [0, 0.1) is 0 Å². The minimum atomic E-state index is -1.94. The highest BCUT2D eigenvalue weighted by molar-refractivity contribution is 9.10. The molecule has 0 fully saturated rings. The van der Waals surface area contributed by atoms with Gasteiger partial charge in [0.1, 0.15) is 12.7 Å². The van der Waals surface area contributed by atoms with Gasteiger partial charge in [0.25, 0.3) is 0 Å². The standard InChI is InChI=1S/C13H13BrClN3O3/c1-2-21-12(19)13(20,6-18-8-16-7-17-18)10-4-3-9(14)5-11(10)15/h3-5,7-8,20H,2,6H2,1H3. The molecule has 0 saturated heterocycles. The molecule has 0 aliphatic rings. The molecule has 112 valence electrons. The summed E-state index contributed by atoms with van der Waals surface area (Å²) in [5.41, 5.74) is -1.69. The van der Waals surface area contributed by atoms with Crippen LogP contribution in [0.2, 0.25) is 5.02 Å². The predicted octanol–water partition coefficient (Wildman–Crippen LogP) is 2.14. The maximum absolute atomic E-state index is 12.2. The number of aliphatic hydroxyl groups is 1. The van der Waals surface area contributed by atoms with Crippen LogP contribution in [0.5, 0.6) is 0 Å². The van der Waals surface area contributed by atoms with E-state index in [-0.39, 0.29) is 23.7 Å². The average molecular weight is 375 g/mol. The highest BCUT2D eigenvalue weighted by Gasteiger charge is 2.42. The maximum Gasteiger partial charge on any atom is 0.344 e. The molecule has 1 aromatic heterocycles. The van der Waals surface area contributed by atoms with Crippen LogP contribution in [0.1, 0.15) is 12.5 Å². The maximum atomic E-state index is 12.2. The van der Waals surface area contributed by atoms with E-state index in [0.29, 0.717) is 0 Å². The topological polar surface area (TPSA) is 77.2 Å². The van der Waals surface area contributed by atoms with Crippen LogP contribution >= 0.6 is 27.5 Å². The first-order chi connectivity index (χ1) is 9.97. The molecular weight excluding hydrogens is 362 g/mol. The third-order valence-corrected chi connectivity index (χ3v) is 3.65. The zero-order chi connectivity index (χ0) is 15.5. The Labute approximate surface area is 134 Å². The van der Waals surface area contributed by atoms with Gasteiger partial charge >= 0.3 is 5.97 Å². The molecule has 0 amide bonds. The third kappa shape index (κ3) is 3.42. The summed E-state index contributed by atoms with van der Waals surface area (Å²) in [6, 6.07) is 4.86. The number of esters is 1. The number of aromatic nitrogens is 3. The molecule has 0 aliphatic carbocycles. The lowest BCUT2D eigenvalue weighted by Crippen LogP contribution is -2.42. The number of carbonyl (C=O) groups excluding carboxylic acids is 1. The van der Waals surface area contributed by atoms with Gasteiger partial charge in [0, 0.05) is 15.1 Å². The zero-order valence-electron chi connectivity index (χ0n) is 11.2. The van der Waals surface area contributed by atoms with E-state index in [1.165, 1.54) is 17.3 Å². The molecule has 0 saturated carbocycles. The summed E-state index contributed by atoms with van der Waals surface area (Å²) in [7, 11) is 0. The second kappa shape index (κ2) is 6.55. The molecule has 8 heteroatoms. The summed E-state index contributed by atoms with van der Waals surface area (Å²) < 4.78 is 7.06. The Kier molecular flexibility index (Phi) is 4.97. The highest BCUT2D eigenvalue weighted by atomic mass is 79.9. The molecule has 1 N–H and O–H groups in total. The lowest BCUT2D eigenvalue weighted by molar-refractivity contribution is -0.168. The Balaban J connectivity index is 2.46. The van der Waals surface area contributed by atoms with Gasteiger partial charge < -0.3 is 9.84 Å². The lowest BCUT2D eigenvalue weighted by atomic mass is 9.93. The number of carbonyl (C=O) groups is 1. The highest BCUT2D eigenvalue weighted by Crippen LogP contribution is 2.33. The molecular formula is C13H13BrClN3O3. The molecule has 0 spiro atoms. The first-order valence-corrected chi connectivity index (χ1v) is 7.32. The van der Waals surface area contributed by atoms with Crippen LogP contribution in [-0.2, 0) is 21.7 Å². The van der Waals surface area contributed by atoms with E-state index in [1.807, 2.05) is 0 Å². The van der Waals surface area contributed by atoms with Gasteiger partial charge in [-0.1, -0.05) is 33.6 Å². The van der Waals surface area contributed by atoms with Gasteiger partial charge in [0.2, 0.25) is 5.60 Å². The van der Waals surface area contributed by atoms with Gasteiger partial charge in [-0.25, -0.2) is 14.5 Å². The Morgan fingerprint density at radius 3 is 2.90 bits per heavy atom. The normalized spacial score (nSPS) is 13.7. The van der Waals surface area contributed by atoms with Gasteiger partial charge in [-0.2, -0.15) is 5.10 Å². The van der Waals surface area contributed by atoms with Crippen LogP contribution in [0.15, 0.2) is 35.3 Å². The Bertz CT molecular complexity index is 636. The number of nitrogens with zero attached hydrogens (tertiary/aromatic N) is 3. The molecule has 1 heterocycles. The summed E-state index contributed by atoms with van der Waals surface area (Å²) in [5.74, 6) is -0.787. The van der Waals surface area contributed by atoms with E-state index in [4.69, 9.17) is 16.3 Å². The number of hydrogen-bond donors (Lipinski definition) is 1. The summed E-state index contributed by atoms with van der Waals surface area (Å²) in [4.78, 5) is 16.0. The zero-order valence-corrected chi connectivity index (χ0v) is 13.5. The van der Waals surface area contributed by atoms with E-state index in [1.54, 1.807) is 25.1 Å². The van der Waals surface area contributed by atoms with Crippen molar-refractivity contribution < 1.29 is 14.6 Å². The SMILES string of the molecule is CCOC(=O)C(O)(Cn1cncn1)c1ccc(Br)cc1Cl. The number of rotatable bonds is 5. The average Bonchev–Trinajstić information content (AvgIpc) is 2.91. The van der Waals surface area contributed by atoms with Crippen molar-refractivity contribution in [2.75, 3.05) is 6.61 Å². The van der Waals surface area contributed by atoms with Crippen molar-refractivity contribution in [3.8, 4) is 0 Å². The Hall–Kier alpha value is -1.44. The summed E-state index contributed by atoms with van der Waals surface area (Å²) >= 11 is 9.44. The summed E-state index contributed by atoms with van der Waals surface area (Å²) in [6.07, 6.45) is 2.71. The Morgan fingerprint density at radius 2 is 2.33 bits per heavy atom. The molecule has 0 radical (unpaired) electrons. The van der Waals surface area contributed by atoms with Crippen molar-refractivity contribution in [3.63, 3.8) is 0 Å². The van der Waals surface area contributed by atoms with E-state index < -0.39 is 11.6 Å². The van der Waals surface area contributed by atoms with E-state index in [0.717, 1.165) is 4.47 Å². The van der Waals surface area contributed by atoms with Crippen molar-refractivity contribution in [3.05, 3.63) is 45.9 Å². The van der Waals surface area contributed by atoms with Crippen LogP contribution < -0.4 is 0 Å².